The number of hydrogen-bond donors (Lipinski definition) is 2. The third kappa shape index (κ3) is 5.83. The Bertz CT molecular complexity index is 1310. The van der Waals surface area contributed by atoms with Gasteiger partial charge in [-0.3, -0.25) is 9.59 Å². The van der Waals surface area contributed by atoms with E-state index in [4.69, 9.17) is 4.74 Å². The van der Waals surface area contributed by atoms with E-state index in [1.165, 1.54) is 17.7 Å². The predicted octanol–water partition coefficient (Wildman–Crippen LogP) is 5.14. The molecule has 0 unspecified atom stereocenters. The monoisotopic (exact) mass is 437 g/mol. The van der Waals surface area contributed by atoms with Gasteiger partial charge < -0.3 is 10.1 Å². The number of carbonyl (C=O) groups excluding carboxylic acids is 2. The molecule has 6 nitrogen and oxygen atoms in total. The van der Waals surface area contributed by atoms with E-state index in [9.17, 15) is 9.59 Å². The number of ether oxygens (including phenoxy) is 1. The molecule has 0 atom stereocenters. The fraction of sp³-hybridized carbons (Fsp3) is 0.0741. The van der Waals surface area contributed by atoms with Crippen LogP contribution in [0.3, 0.4) is 0 Å². The fourth-order valence-corrected chi connectivity index (χ4v) is 3.40. The number of benzene rings is 4. The minimum absolute atomic E-state index is 0.167. The summed E-state index contributed by atoms with van der Waals surface area (Å²) in [6, 6.07) is 28.5. The van der Waals surface area contributed by atoms with Crippen LogP contribution in [0.4, 0.5) is 5.69 Å². The second-order valence-corrected chi connectivity index (χ2v) is 7.46. The number of fused-ring (bicyclic) bond motifs is 1. The molecule has 4 rings (SSSR count). The molecule has 4 aromatic rings. The molecule has 0 aromatic heterocycles. The first-order chi connectivity index (χ1) is 16.1. The van der Waals surface area contributed by atoms with E-state index in [0.717, 1.165) is 11.1 Å². The number of hydrogen-bond acceptors (Lipinski definition) is 4. The lowest BCUT2D eigenvalue weighted by molar-refractivity contribution is -0.114. The van der Waals surface area contributed by atoms with Crippen LogP contribution in [0.2, 0.25) is 0 Å². The van der Waals surface area contributed by atoms with Crippen LogP contribution in [-0.4, -0.2) is 18.0 Å². The van der Waals surface area contributed by atoms with Gasteiger partial charge in [0.05, 0.1) is 6.21 Å². The van der Waals surface area contributed by atoms with Gasteiger partial charge in [-0.2, -0.15) is 5.10 Å². The number of amides is 2. The SMILES string of the molecule is CC(=O)Nc1ccc(C(=O)NN=Cc2cccc(OCc3cccc4ccccc34)c2)cc1. The van der Waals surface area contributed by atoms with Gasteiger partial charge in [0, 0.05) is 18.2 Å². The van der Waals surface area contributed by atoms with Gasteiger partial charge in [-0.1, -0.05) is 54.6 Å². The van der Waals surface area contributed by atoms with Crippen molar-refractivity contribution in [2.75, 3.05) is 5.32 Å². The Kier molecular flexibility index (Phi) is 6.75. The molecule has 0 saturated heterocycles. The second kappa shape index (κ2) is 10.2. The van der Waals surface area contributed by atoms with Gasteiger partial charge in [-0.25, -0.2) is 5.43 Å². The highest BCUT2D eigenvalue weighted by Crippen LogP contribution is 2.21. The van der Waals surface area contributed by atoms with Crippen LogP contribution >= 0.6 is 0 Å². The minimum atomic E-state index is -0.344. The molecule has 0 saturated carbocycles. The zero-order valence-corrected chi connectivity index (χ0v) is 18.1. The first kappa shape index (κ1) is 21.8. The summed E-state index contributed by atoms with van der Waals surface area (Å²) in [6.45, 7) is 1.88. The minimum Gasteiger partial charge on any atom is -0.489 e. The van der Waals surface area contributed by atoms with Gasteiger partial charge >= 0.3 is 0 Å². The van der Waals surface area contributed by atoms with E-state index in [-0.39, 0.29) is 11.8 Å². The standard InChI is InChI=1S/C27H23N3O3/c1-19(31)29-24-14-12-22(13-15-24)27(32)30-28-17-20-6-4-10-25(16-20)33-18-23-9-5-8-21-7-2-3-11-26(21)23/h2-17H,18H2,1H3,(H,29,31)(H,30,32). The second-order valence-electron chi connectivity index (χ2n) is 7.46. The zero-order chi connectivity index (χ0) is 23.0. The maximum atomic E-state index is 12.3. The van der Waals surface area contributed by atoms with Crippen molar-refractivity contribution in [2.45, 2.75) is 13.5 Å². The van der Waals surface area contributed by atoms with Gasteiger partial charge in [0.2, 0.25) is 5.91 Å². The lowest BCUT2D eigenvalue weighted by Gasteiger charge is -2.09. The summed E-state index contributed by atoms with van der Waals surface area (Å²) in [7, 11) is 0. The van der Waals surface area contributed by atoms with Gasteiger partial charge in [-0.05, 0) is 58.3 Å². The molecule has 0 aliphatic rings. The van der Waals surface area contributed by atoms with E-state index >= 15 is 0 Å². The quantitative estimate of drug-likeness (QED) is 0.310. The van der Waals surface area contributed by atoms with Crippen molar-refractivity contribution in [3.05, 3.63) is 108 Å². The Morgan fingerprint density at radius 1 is 0.909 bits per heavy atom. The van der Waals surface area contributed by atoms with Crippen molar-refractivity contribution in [1.29, 1.82) is 0 Å². The van der Waals surface area contributed by atoms with Crippen molar-refractivity contribution in [3.8, 4) is 5.75 Å². The molecule has 0 bridgehead atoms. The van der Waals surface area contributed by atoms with Crippen LogP contribution < -0.4 is 15.5 Å². The summed E-state index contributed by atoms with van der Waals surface area (Å²) in [6.07, 6.45) is 1.56. The molecule has 4 aromatic carbocycles. The van der Waals surface area contributed by atoms with Crippen molar-refractivity contribution < 1.29 is 14.3 Å². The molecule has 164 valence electrons. The molecule has 0 heterocycles. The number of nitrogens with one attached hydrogen (secondary N) is 2. The van der Waals surface area contributed by atoms with E-state index in [2.05, 4.69) is 40.1 Å². The first-order valence-corrected chi connectivity index (χ1v) is 10.5. The van der Waals surface area contributed by atoms with Crippen molar-refractivity contribution in [3.63, 3.8) is 0 Å². The van der Waals surface area contributed by atoms with Crippen molar-refractivity contribution in [2.24, 2.45) is 5.10 Å². The largest absolute Gasteiger partial charge is 0.489 e. The van der Waals surface area contributed by atoms with Crippen LogP contribution in [0.5, 0.6) is 5.75 Å². The molecule has 6 heteroatoms. The summed E-state index contributed by atoms with van der Waals surface area (Å²) < 4.78 is 6.00. The molecule has 0 spiro atoms. The summed E-state index contributed by atoms with van der Waals surface area (Å²) in [4.78, 5) is 23.3. The molecular weight excluding hydrogens is 414 g/mol. The van der Waals surface area contributed by atoms with Crippen LogP contribution in [0.1, 0.15) is 28.4 Å². The van der Waals surface area contributed by atoms with Crippen LogP contribution in [-0.2, 0) is 11.4 Å². The number of anilines is 1. The van der Waals surface area contributed by atoms with Crippen LogP contribution in [0.15, 0.2) is 96.1 Å². The zero-order valence-electron chi connectivity index (χ0n) is 18.1. The molecule has 0 radical (unpaired) electrons. The Balaban J connectivity index is 1.35. The third-order valence-electron chi connectivity index (χ3n) is 4.98. The predicted molar refractivity (Wildman–Crippen MR) is 131 cm³/mol. The normalized spacial score (nSPS) is 10.8. The first-order valence-electron chi connectivity index (χ1n) is 10.5. The van der Waals surface area contributed by atoms with E-state index in [1.807, 2.05) is 42.5 Å². The summed E-state index contributed by atoms with van der Waals surface area (Å²) >= 11 is 0. The smallest absolute Gasteiger partial charge is 0.271 e. The van der Waals surface area contributed by atoms with Crippen LogP contribution in [0.25, 0.3) is 10.8 Å². The molecule has 0 fully saturated rings. The highest BCUT2D eigenvalue weighted by molar-refractivity contribution is 5.96. The molecule has 33 heavy (non-hydrogen) atoms. The number of carbonyl (C=O) groups is 2. The molecule has 0 aliphatic heterocycles. The summed E-state index contributed by atoms with van der Waals surface area (Å²) in [5, 5.41) is 9.05. The van der Waals surface area contributed by atoms with Crippen molar-refractivity contribution >= 4 is 34.5 Å². The molecular formula is C27H23N3O3. The average molecular weight is 437 g/mol. The lowest BCUT2D eigenvalue weighted by Crippen LogP contribution is -2.17. The van der Waals surface area contributed by atoms with Gasteiger partial charge in [0.25, 0.3) is 5.91 Å². The summed E-state index contributed by atoms with van der Waals surface area (Å²) in [5.41, 5.74) is 5.49. The molecule has 2 amide bonds. The average Bonchev–Trinajstić information content (AvgIpc) is 2.83. The highest BCUT2D eigenvalue weighted by Gasteiger charge is 2.05. The molecule has 2 N–H and O–H groups in total. The Morgan fingerprint density at radius 3 is 2.48 bits per heavy atom. The lowest BCUT2D eigenvalue weighted by atomic mass is 10.1. The number of hydrazone groups is 1. The Morgan fingerprint density at radius 2 is 1.67 bits per heavy atom. The maximum absolute atomic E-state index is 12.3. The molecule has 0 aliphatic carbocycles. The topological polar surface area (TPSA) is 79.8 Å². The van der Waals surface area contributed by atoms with Gasteiger partial charge in [0.1, 0.15) is 12.4 Å². The Labute approximate surface area is 191 Å². The number of rotatable bonds is 7. The van der Waals surface area contributed by atoms with Crippen molar-refractivity contribution in [1.82, 2.24) is 5.43 Å². The van der Waals surface area contributed by atoms with E-state index < -0.39 is 0 Å². The number of nitrogens with zero attached hydrogens (tertiary/aromatic N) is 1. The van der Waals surface area contributed by atoms with E-state index in [1.54, 1.807) is 30.5 Å². The Hall–Kier alpha value is -4.45. The maximum Gasteiger partial charge on any atom is 0.271 e. The fourth-order valence-electron chi connectivity index (χ4n) is 3.40. The highest BCUT2D eigenvalue weighted by atomic mass is 16.5. The van der Waals surface area contributed by atoms with Crippen LogP contribution in [0, 0.1) is 0 Å². The van der Waals surface area contributed by atoms with E-state index in [0.29, 0.717) is 23.6 Å². The van der Waals surface area contributed by atoms with Gasteiger partial charge in [-0.15, -0.1) is 0 Å². The third-order valence-corrected chi connectivity index (χ3v) is 4.98. The van der Waals surface area contributed by atoms with Gasteiger partial charge in [0.15, 0.2) is 0 Å². The summed E-state index contributed by atoms with van der Waals surface area (Å²) in [5.74, 6) is 0.205.